The Balaban J connectivity index is 1.40. The van der Waals surface area contributed by atoms with Crippen molar-refractivity contribution in [1.82, 2.24) is 20.1 Å². The lowest BCUT2D eigenvalue weighted by molar-refractivity contribution is -0.122. The lowest BCUT2D eigenvalue weighted by atomic mass is 10.3. The summed E-state index contributed by atoms with van der Waals surface area (Å²) in [5.41, 5.74) is 0.434. The Labute approximate surface area is 191 Å². The largest absolute Gasteiger partial charge is 0.486 e. The summed E-state index contributed by atoms with van der Waals surface area (Å²) in [6.07, 6.45) is 0.797. The summed E-state index contributed by atoms with van der Waals surface area (Å²) in [6, 6.07) is 7.11. The van der Waals surface area contributed by atoms with Gasteiger partial charge in [0.05, 0.1) is 6.54 Å². The third-order valence-corrected chi connectivity index (χ3v) is 5.90. The van der Waals surface area contributed by atoms with Crippen molar-refractivity contribution in [3.8, 4) is 5.75 Å². The van der Waals surface area contributed by atoms with Crippen LogP contribution in [0.2, 0.25) is 5.02 Å². The number of piperazine rings is 1. The average Bonchev–Trinajstić information content (AvgIpc) is 3.25. The van der Waals surface area contributed by atoms with E-state index in [9.17, 15) is 9.59 Å². The van der Waals surface area contributed by atoms with Crippen LogP contribution in [0.4, 0.5) is 0 Å². The Kier molecular flexibility index (Phi) is 9.08. The maximum absolute atomic E-state index is 12.8. The molecule has 10 heteroatoms. The van der Waals surface area contributed by atoms with Crippen molar-refractivity contribution in [3.05, 3.63) is 45.4 Å². The molecule has 0 aliphatic carbocycles. The molecule has 0 radical (unpaired) electrons. The highest BCUT2D eigenvalue weighted by molar-refractivity contribution is 7.09. The number of amides is 2. The number of carbonyl (C=O) groups excluding carboxylic acids is 2. The second-order valence-electron chi connectivity index (χ2n) is 7.13. The highest BCUT2D eigenvalue weighted by Gasteiger charge is 2.24. The van der Waals surface area contributed by atoms with Gasteiger partial charge in [-0.1, -0.05) is 11.6 Å². The van der Waals surface area contributed by atoms with Gasteiger partial charge < -0.3 is 19.7 Å². The monoisotopic (exact) mass is 466 g/mol. The molecule has 0 atom stereocenters. The third-order valence-electron chi connectivity index (χ3n) is 4.82. The van der Waals surface area contributed by atoms with Crippen LogP contribution in [0.15, 0.2) is 29.6 Å². The molecule has 31 heavy (non-hydrogen) atoms. The van der Waals surface area contributed by atoms with Crippen LogP contribution in [0.1, 0.15) is 21.9 Å². The lowest BCUT2D eigenvalue weighted by Gasteiger charge is -2.33. The number of aromatic nitrogens is 1. The quantitative estimate of drug-likeness (QED) is 0.541. The minimum atomic E-state index is -0.0855. The van der Waals surface area contributed by atoms with E-state index in [1.54, 1.807) is 41.7 Å². The van der Waals surface area contributed by atoms with Gasteiger partial charge >= 0.3 is 0 Å². The van der Waals surface area contributed by atoms with Crippen LogP contribution in [0.5, 0.6) is 5.75 Å². The standard InChI is InChI=1S/C21H27ClN4O4S/c1-29-12-2-7-23-19(27)13-25-8-10-26(11-9-25)21(28)18-15-31-20(24-18)14-30-17-5-3-16(22)4-6-17/h3-6,15H,2,7-14H2,1H3,(H,23,27). The lowest BCUT2D eigenvalue weighted by Crippen LogP contribution is -2.51. The fourth-order valence-electron chi connectivity index (χ4n) is 3.13. The predicted octanol–water partition coefficient (Wildman–Crippen LogP) is 2.29. The first-order valence-corrected chi connectivity index (χ1v) is 11.4. The number of halogens is 1. The molecule has 0 bridgehead atoms. The van der Waals surface area contributed by atoms with Gasteiger partial charge in [-0.2, -0.15) is 0 Å². The molecule has 1 N–H and O–H groups in total. The van der Waals surface area contributed by atoms with Crippen molar-refractivity contribution in [2.45, 2.75) is 13.0 Å². The smallest absolute Gasteiger partial charge is 0.273 e. The van der Waals surface area contributed by atoms with Gasteiger partial charge in [-0.3, -0.25) is 14.5 Å². The first kappa shape index (κ1) is 23.5. The van der Waals surface area contributed by atoms with Crippen molar-refractivity contribution >= 4 is 34.8 Å². The van der Waals surface area contributed by atoms with E-state index >= 15 is 0 Å². The molecule has 1 aromatic carbocycles. The number of hydrogen-bond acceptors (Lipinski definition) is 7. The second kappa shape index (κ2) is 12.0. The Morgan fingerprint density at radius 1 is 1.19 bits per heavy atom. The van der Waals surface area contributed by atoms with E-state index in [1.807, 2.05) is 0 Å². The highest BCUT2D eigenvalue weighted by atomic mass is 35.5. The van der Waals surface area contributed by atoms with E-state index in [1.165, 1.54) is 11.3 Å². The van der Waals surface area contributed by atoms with Gasteiger partial charge in [-0.15, -0.1) is 11.3 Å². The molecule has 1 aromatic heterocycles. The molecule has 168 valence electrons. The summed E-state index contributed by atoms with van der Waals surface area (Å²) >= 11 is 7.27. The van der Waals surface area contributed by atoms with Crippen LogP contribution < -0.4 is 10.1 Å². The summed E-state index contributed by atoms with van der Waals surface area (Å²) in [5.74, 6) is 0.615. The minimum Gasteiger partial charge on any atom is -0.486 e. The van der Waals surface area contributed by atoms with Gasteiger partial charge in [0.2, 0.25) is 5.91 Å². The topological polar surface area (TPSA) is 84.0 Å². The Morgan fingerprint density at radius 2 is 1.94 bits per heavy atom. The molecule has 0 saturated carbocycles. The van der Waals surface area contributed by atoms with Gasteiger partial charge in [-0.25, -0.2) is 4.98 Å². The maximum Gasteiger partial charge on any atom is 0.273 e. The third kappa shape index (κ3) is 7.46. The van der Waals surface area contributed by atoms with E-state index in [2.05, 4.69) is 15.2 Å². The summed E-state index contributed by atoms with van der Waals surface area (Å²) in [5, 5.41) is 6.04. The number of methoxy groups -OCH3 is 1. The average molecular weight is 467 g/mol. The maximum atomic E-state index is 12.8. The first-order valence-electron chi connectivity index (χ1n) is 10.1. The van der Waals surface area contributed by atoms with Crippen LogP contribution in [-0.2, 0) is 16.1 Å². The molecular weight excluding hydrogens is 440 g/mol. The molecule has 1 fully saturated rings. The van der Waals surface area contributed by atoms with Crippen molar-refractivity contribution in [1.29, 1.82) is 0 Å². The molecular formula is C21H27ClN4O4S. The number of nitrogens with one attached hydrogen (secondary N) is 1. The fraction of sp³-hybridized carbons (Fsp3) is 0.476. The van der Waals surface area contributed by atoms with Crippen LogP contribution in [0.25, 0.3) is 0 Å². The zero-order chi connectivity index (χ0) is 22.1. The minimum absolute atomic E-state index is 0.000657. The number of benzene rings is 1. The van der Waals surface area contributed by atoms with Crippen LogP contribution >= 0.6 is 22.9 Å². The van der Waals surface area contributed by atoms with Gasteiger partial charge in [0.15, 0.2) is 0 Å². The molecule has 0 unspecified atom stereocenters. The van der Waals surface area contributed by atoms with Crippen molar-refractivity contribution < 1.29 is 19.1 Å². The van der Waals surface area contributed by atoms with Gasteiger partial charge in [-0.05, 0) is 30.7 Å². The second-order valence-corrected chi connectivity index (χ2v) is 8.51. The van der Waals surface area contributed by atoms with E-state index in [0.717, 1.165) is 11.4 Å². The molecule has 2 amide bonds. The van der Waals surface area contributed by atoms with E-state index in [-0.39, 0.29) is 11.8 Å². The van der Waals surface area contributed by atoms with Gasteiger partial charge in [0, 0.05) is 56.8 Å². The van der Waals surface area contributed by atoms with Gasteiger partial charge in [0.25, 0.3) is 5.91 Å². The summed E-state index contributed by atoms with van der Waals surface area (Å²) in [7, 11) is 1.64. The molecule has 1 aliphatic heterocycles. The molecule has 8 nitrogen and oxygen atoms in total. The SMILES string of the molecule is COCCCNC(=O)CN1CCN(C(=O)c2csc(COc3ccc(Cl)cc3)n2)CC1. The van der Waals surface area contributed by atoms with Crippen LogP contribution in [0, 0.1) is 0 Å². The zero-order valence-corrected chi connectivity index (χ0v) is 19.1. The number of thiazole rings is 1. The van der Waals surface area contributed by atoms with Crippen LogP contribution in [-0.4, -0.2) is 79.6 Å². The zero-order valence-electron chi connectivity index (χ0n) is 17.5. The molecule has 1 saturated heterocycles. The fourth-order valence-corrected chi connectivity index (χ4v) is 3.93. The normalized spacial score (nSPS) is 14.5. The van der Waals surface area contributed by atoms with E-state index < -0.39 is 0 Å². The molecule has 3 rings (SSSR count). The first-order chi connectivity index (χ1) is 15.0. The summed E-state index contributed by atoms with van der Waals surface area (Å²) in [4.78, 5) is 33.0. The molecule has 2 heterocycles. The molecule has 0 spiro atoms. The summed E-state index contributed by atoms with van der Waals surface area (Å²) < 4.78 is 10.7. The Bertz CT molecular complexity index is 853. The van der Waals surface area contributed by atoms with Crippen molar-refractivity contribution in [3.63, 3.8) is 0 Å². The van der Waals surface area contributed by atoms with Gasteiger partial charge in [0.1, 0.15) is 23.1 Å². The number of rotatable bonds is 10. The number of nitrogens with zero attached hydrogens (tertiary/aromatic N) is 3. The summed E-state index contributed by atoms with van der Waals surface area (Å²) in [6.45, 7) is 4.35. The molecule has 1 aliphatic rings. The van der Waals surface area contributed by atoms with Crippen LogP contribution in [0.3, 0.4) is 0 Å². The van der Waals surface area contributed by atoms with Crippen molar-refractivity contribution in [2.75, 3.05) is 53.0 Å². The Morgan fingerprint density at radius 3 is 2.65 bits per heavy atom. The van der Waals surface area contributed by atoms with Crippen molar-refractivity contribution in [2.24, 2.45) is 0 Å². The predicted molar refractivity (Wildman–Crippen MR) is 120 cm³/mol. The Hall–Kier alpha value is -2.20. The number of carbonyl (C=O) groups is 2. The highest BCUT2D eigenvalue weighted by Crippen LogP contribution is 2.19. The van der Waals surface area contributed by atoms with E-state index in [4.69, 9.17) is 21.1 Å². The van der Waals surface area contributed by atoms with E-state index in [0.29, 0.717) is 68.9 Å². The molecule has 2 aromatic rings. The number of ether oxygens (including phenoxy) is 2. The number of hydrogen-bond donors (Lipinski definition) is 1.